The Kier molecular flexibility index (Phi) is 4.58. The van der Waals surface area contributed by atoms with Crippen molar-refractivity contribution in [1.82, 2.24) is 4.57 Å². The number of aryl methyl sites for hydroxylation is 1. The van der Waals surface area contributed by atoms with Crippen LogP contribution in [0, 0.1) is 0 Å². The van der Waals surface area contributed by atoms with E-state index in [0.29, 0.717) is 5.56 Å². The van der Waals surface area contributed by atoms with Gasteiger partial charge in [-0.25, -0.2) is 4.79 Å². The number of carbonyl (C=O) groups is 1. The molecule has 0 radical (unpaired) electrons. The number of nitrogens with zero attached hydrogens (tertiary/aromatic N) is 1. The van der Waals surface area contributed by atoms with Crippen molar-refractivity contribution in [1.29, 1.82) is 0 Å². The smallest absolute Gasteiger partial charge is 0.335 e. The highest BCUT2D eigenvalue weighted by Crippen LogP contribution is 2.18. The maximum absolute atomic E-state index is 10.9. The van der Waals surface area contributed by atoms with Gasteiger partial charge in [0, 0.05) is 30.3 Å². The van der Waals surface area contributed by atoms with Crippen LogP contribution in [0.2, 0.25) is 0 Å². The molecule has 0 amide bonds. The van der Waals surface area contributed by atoms with Crippen LogP contribution < -0.4 is 0 Å². The highest BCUT2D eigenvalue weighted by Gasteiger charge is 2.06. The van der Waals surface area contributed by atoms with Crippen LogP contribution in [0.4, 0.5) is 0 Å². The Labute approximate surface area is 112 Å². The molecule has 0 aliphatic carbocycles. The van der Waals surface area contributed by atoms with Crippen LogP contribution in [0.5, 0.6) is 0 Å². The second-order valence-corrected chi connectivity index (χ2v) is 4.73. The third-order valence-electron chi connectivity index (χ3n) is 3.33. The molecule has 0 fully saturated rings. The average molecular weight is 261 g/mol. The maximum Gasteiger partial charge on any atom is 0.335 e. The first-order chi connectivity index (χ1) is 9.22. The van der Waals surface area contributed by atoms with E-state index in [4.69, 9.17) is 10.2 Å². The molecule has 0 spiro atoms. The van der Waals surface area contributed by atoms with Gasteiger partial charge in [-0.3, -0.25) is 0 Å². The first-order valence-corrected chi connectivity index (χ1v) is 6.65. The number of unbranched alkanes of at least 4 members (excludes halogenated alkanes) is 3. The number of hydrogen-bond acceptors (Lipinski definition) is 2. The number of rotatable bonds is 7. The summed E-state index contributed by atoms with van der Waals surface area (Å²) in [5.74, 6) is -0.890. The van der Waals surface area contributed by atoms with Gasteiger partial charge in [-0.1, -0.05) is 12.8 Å². The van der Waals surface area contributed by atoms with Crippen LogP contribution in [0.3, 0.4) is 0 Å². The van der Waals surface area contributed by atoms with Crippen LogP contribution >= 0.6 is 0 Å². The standard InChI is InChI=1S/C15H19NO3/c17-10-4-2-1-3-8-16-9-7-12-11-13(15(18)19)5-6-14(12)16/h5-7,9,11,17H,1-4,8,10H2,(H,18,19). The lowest BCUT2D eigenvalue weighted by Crippen LogP contribution is -1.98. The topological polar surface area (TPSA) is 62.5 Å². The quantitative estimate of drug-likeness (QED) is 0.753. The van der Waals surface area contributed by atoms with E-state index in [0.717, 1.165) is 43.1 Å². The molecule has 2 N–H and O–H groups in total. The highest BCUT2D eigenvalue weighted by molar-refractivity contribution is 5.93. The summed E-state index contributed by atoms with van der Waals surface area (Å²) in [7, 11) is 0. The highest BCUT2D eigenvalue weighted by atomic mass is 16.4. The number of carboxylic acid groups (broad SMARTS) is 1. The van der Waals surface area contributed by atoms with Crippen LogP contribution in [-0.2, 0) is 6.54 Å². The number of aliphatic hydroxyl groups excluding tert-OH is 1. The molecule has 0 bridgehead atoms. The van der Waals surface area contributed by atoms with Crippen molar-refractivity contribution < 1.29 is 15.0 Å². The lowest BCUT2D eigenvalue weighted by molar-refractivity contribution is 0.0697. The van der Waals surface area contributed by atoms with Gasteiger partial charge in [-0.2, -0.15) is 0 Å². The number of aromatic nitrogens is 1. The zero-order valence-corrected chi connectivity index (χ0v) is 10.9. The Balaban J connectivity index is 2.02. The van der Waals surface area contributed by atoms with Crippen molar-refractivity contribution >= 4 is 16.9 Å². The van der Waals surface area contributed by atoms with Crippen LogP contribution in [0.15, 0.2) is 30.5 Å². The molecule has 4 nitrogen and oxygen atoms in total. The Morgan fingerprint density at radius 1 is 1.11 bits per heavy atom. The molecule has 19 heavy (non-hydrogen) atoms. The summed E-state index contributed by atoms with van der Waals surface area (Å²) in [6.45, 7) is 1.20. The van der Waals surface area contributed by atoms with E-state index in [9.17, 15) is 4.79 Å². The molecule has 0 aliphatic heterocycles. The van der Waals surface area contributed by atoms with Crippen molar-refractivity contribution in [3.8, 4) is 0 Å². The van der Waals surface area contributed by atoms with Crippen molar-refractivity contribution in [2.24, 2.45) is 0 Å². The van der Waals surface area contributed by atoms with E-state index in [1.807, 2.05) is 18.3 Å². The summed E-state index contributed by atoms with van der Waals surface area (Å²) < 4.78 is 2.15. The zero-order chi connectivity index (χ0) is 13.7. The fraction of sp³-hybridized carbons (Fsp3) is 0.400. The summed E-state index contributed by atoms with van der Waals surface area (Å²) in [4.78, 5) is 10.9. The summed E-state index contributed by atoms with van der Waals surface area (Å²) in [5.41, 5.74) is 1.40. The molecule has 2 rings (SSSR count). The first kappa shape index (κ1) is 13.6. The van der Waals surface area contributed by atoms with Gasteiger partial charge in [0.15, 0.2) is 0 Å². The molecule has 1 aromatic heterocycles. The second kappa shape index (κ2) is 6.38. The summed E-state index contributed by atoms with van der Waals surface area (Å²) in [6, 6.07) is 7.18. The zero-order valence-electron chi connectivity index (χ0n) is 10.9. The Hall–Kier alpha value is -1.81. The van der Waals surface area contributed by atoms with Gasteiger partial charge in [-0.15, -0.1) is 0 Å². The molecular formula is C15H19NO3. The minimum Gasteiger partial charge on any atom is -0.478 e. The number of aliphatic hydroxyl groups is 1. The third kappa shape index (κ3) is 3.35. The van der Waals surface area contributed by atoms with Gasteiger partial charge in [0.25, 0.3) is 0 Å². The van der Waals surface area contributed by atoms with Crippen molar-refractivity contribution in [2.75, 3.05) is 6.61 Å². The second-order valence-electron chi connectivity index (χ2n) is 4.73. The summed E-state index contributed by atoms with van der Waals surface area (Å²) >= 11 is 0. The molecule has 0 saturated carbocycles. The van der Waals surface area contributed by atoms with Gasteiger partial charge >= 0.3 is 5.97 Å². The van der Waals surface area contributed by atoms with E-state index in [-0.39, 0.29) is 6.61 Å². The number of hydrogen-bond donors (Lipinski definition) is 2. The normalized spacial score (nSPS) is 11.0. The van der Waals surface area contributed by atoms with Gasteiger partial charge in [0.1, 0.15) is 0 Å². The van der Waals surface area contributed by atoms with Crippen molar-refractivity contribution in [3.05, 3.63) is 36.0 Å². The molecule has 1 heterocycles. The molecule has 0 saturated heterocycles. The lowest BCUT2D eigenvalue weighted by Gasteiger charge is -2.05. The van der Waals surface area contributed by atoms with Gasteiger partial charge < -0.3 is 14.8 Å². The minimum atomic E-state index is -0.890. The van der Waals surface area contributed by atoms with Gasteiger partial charge in [0.05, 0.1) is 5.56 Å². The van der Waals surface area contributed by atoms with E-state index in [1.54, 1.807) is 12.1 Å². The molecule has 1 aromatic carbocycles. The third-order valence-corrected chi connectivity index (χ3v) is 3.33. The molecule has 102 valence electrons. The SMILES string of the molecule is O=C(O)c1ccc2c(ccn2CCCCCCO)c1. The largest absolute Gasteiger partial charge is 0.478 e. The van der Waals surface area contributed by atoms with Gasteiger partial charge in [-0.05, 0) is 37.1 Å². The lowest BCUT2D eigenvalue weighted by atomic mass is 10.1. The molecule has 4 heteroatoms. The number of aromatic carboxylic acids is 1. The summed E-state index contributed by atoms with van der Waals surface area (Å²) in [6.07, 6.45) is 6.10. The number of carboxylic acids is 1. The first-order valence-electron chi connectivity index (χ1n) is 6.65. The van der Waals surface area contributed by atoms with E-state index >= 15 is 0 Å². The number of benzene rings is 1. The Morgan fingerprint density at radius 2 is 1.89 bits per heavy atom. The molecule has 0 aliphatic rings. The fourth-order valence-corrected chi connectivity index (χ4v) is 2.28. The fourth-order valence-electron chi connectivity index (χ4n) is 2.28. The van der Waals surface area contributed by atoms with E-state index in [1.165, 1.54) is 0 Å². The number of fused-ring (bicyclic) bond motifs is 1. The van der Waals surface area contributed by atoms with Crippen molar-refractivity contribution in [2.45, 2.75) is 32.2 Å². The van der Waals surface area contributed by atoms with E-state index in [2.05, 4.69) is 4.57 Å². The van der Waals surface area contributed by atoms with Crippen LogP contribution in [-0.4, -0.2) is 27.4 Å². The van der Waals surface area contributed by atoms with E-state index < -0.39 is 5.97 Å². The Bertz CT molecular complexity index is 560. The Morgan fingerprint density at radius 3 is 2.63 bits per heavy atom. The van der Waals surface area contributed by atoms with Crippen LogP contribution in [0.1, 0.15) is 36.0 Å². The predicted octanol–water partition coefficient (Wildman–Crippen LogP) is 2.89. The summed E-state index contributed by atoms with van der Waals surface area (Å²) in [5, 5.41) is 18.6. The molecular weight excluding hydrogens is 242 g/mol. The van der Waals surface area contributed by atoms with Crippen LogP contribution in [0.25, 0.3) is 10.9 Å². The predicted molar refractivity (Wildman–Crippen MR) is 74.5 cm³/mol. The molecule has 0 unspecified atom stereocenters. The maximum atomic E-state index is 10.9. The minimum absolute atomic E-state index is 0.268. The molecule has 2 aromatic rings. The van der Waals surface area contributed by atoms with Crippen molar-refractivity contribution in [3.63, 3.8) is 0 Å². The average Bonchev–Trinajstić information content (AvgIpc) is 2.81. The monoisotopic (exact) mass is 261 g/mol. The van der Waals surface area contributed by atoms with Gasteiger partial charge in [0.2, 0.25) is 0 Å². The molecule has 0 atom stereocenters.